The summed E-state index contributed by atoms with van der Waals surface area (Å²) in [4.78, 5) is 11.5. The number of carbonyl (C=O) groups is 1. The summed E-state index contributed by atoms with van der Waals surface area (Å²) < 4.78 is 31.6. The van der Waals surface area contributed by atoms with Gasteiger partial charge in [0.25, 0.3) is 10.1 Å². The van der Waals surface area contributed by atoms with Crippen LogP contribution in [0.3, 0.4) is 0 Å². The molecule has 8 heteroatoms. The largest absolute Gasteiger partial charge is 0.334 e. The molecule has 0 aliphatic heterocycles. The molecule has 0 saturated heterocycles. The summed E-state index contributed by atoms with van der Waals surface area (Å²) in [6, 6.07) is 12.3. The van der Waals surface area contributed by atoms with Crippen LogP contribution in [0.1, 0.15) is 5.56 Å². The third-order valence-corrected chi connectivity index (χ3v) is 4.17. The quantitative estimate of drug-likeness (QED) is 0.705. The Morgan fingerprint density at radius 3 is 2.18 bits per heavy atom. The van der Waals surface area contributed by atoms with Crippen LogP contribution in [-0.2, 0) is 16.7 Å². The van der Waals surface area contributed by atoms with E-state index in [0.717, 1.165) is 10.0 Å². The Labute approximate surface area is 136 Å². The molecule has 0 unspecified atom stereocenters. The first-order chi connectivity index (χ1) is 10.3. The number of benzene rings is 2. The molecule has 0 saturated carbocycles. The van der Waals surface area contributed by atoms with Crippen molar-refractivity contribution in [1.82, 2.24) is 5.32 Å². The van der Waals surface area contributed by atoms with Gasteiger partial charge in [0, 0.05) is 16.7 Å². The number of amides is 2. The molecule has 22 heavy (non-hydrogen) atoms. The normalized spacial score (nSPS) is 11.0. The first kappa shape index (κ1) is 16.5. The number of nitrogens with one attached hydrogen (secondary N) is 2. The molecule has 0 bridgehead atoms. The number of carbonyl (C=O) groups excluding carboxylic acids is 1. The fraction of sp³-hybridized carbons (Fsp3) is 0.0714. The summed E-state index contributed by atoms with van der Waals surface area (Å²) in [5.41, 5.74) is 1.36. The number of urea groups is 1. The minimum Gasteiger partial charge on any atom is -0.334 e. The van der Waals surface area contributed by atoms with Gasteiger partial charge in [0.2, 0.25) is 0 Å². The molecule has 116 valence electrons. The Morgan fingerprint density at radius 2 is 1.64 bits per heavy atom. The molecule has 0 atom stereocenters. The molecule has 0 radical (unpaired) electrons. The van der Waals surface area contributed by atoms with Crippen molar-refractivity contribution >= 4 is 37.8 Å². The second-order valence-corrected chi connectivity index (χ2v) is 6.77. The van der Waals surface area contributed by atoms with E-state index in [-0.39, 0.29) is 4.90 Å². The molecule has 0 heterocycles. The Kier molecular flexibility index (Phi) is 5.17. The van der Waals surface area contributed by atoms with Crippen molar-refractivity contribution in [2.24, 2.45) is 0 Å². The Bertz CT molecular complexity index is 758. The lowest BCUT2D eigenvalue weighted by Gasteiger charge is -2.08. The van der Waals surface area contributed by atoms with Crippen LogP contribution < -0.4 is 10.6 Å². The maximum absolute atomic E-state index is 11.7. The van der Waals surface area contributed by atoms with Crippen molar-refractivity contribution in [3.05, 3.63) is 58.6 Å². The zero-order valence-electron chi connectivity index (χ0n) is 11.3. The predicted octanol–water partition coefficient (Wildman–Crippen LogP) is 3.02. The predicted molar refractivity (Wildman–Crippen MR) is 86.3 cm³/mol. The Hall–Kier alpha value is -1.90. The van der Waals surface area contributed by atoms with Gasteiger partial charge >= 0.3 is 6.03 Å². The fourth-order valence-electron chi connectivity index (χ4n) is 1.67. The van der Waals surface area contributed by atoms with Gasteiger partial charge in [0.1, 0.15) is 0 Å². The van der Waals surface area contributed by atoms with Gasteiger partial charge in [-0.25, -0.2) is 4.79 Å². The van der Waals surface area contributed by atoms with E-state index in [1.165, 1.54) is 24.3 Å². The Balaban J connectivity index is 1.90. The van der Waals surface area contributed by atoms with Crippen molar-refractivity contribution in [1.29, 1.82) is 0 Å². The molecule has 0 aliphatic carbocycles. The number of rotatable bonds is 4. The van der Waals surface area contributed by atoms with E-state index in [1.807, 2.05) is 24.3 Å². The van der Waals surface area contributed by atoms with Crippen molar-refractivity contribution in [3.8, 4) is 0 Å². The fourth-order valence-corrected chi connectivity index (χ4v) is 2.41. The van der Waals surface area contributed by atoms with E-state index < -0.39 is 16.1 Å². The molecule has 6 nitrogen and oxygen atoms in total. The molecular weight excluding hydrogens is 372 g/mol. The van der Waals surface area contributed by atoms with Gasteiger partial charge in [-0.3, -0.25) is 4.55 Å². The summed E-state index contributed by atoms with van der Waals surface area (Å²) in [5.74, 6) is 0. The first-order valence-corrected chi connectivity index (χ1v) is 8.45. The van der Waals surface area contributed by atoms with E-state index >= 15 is 0 Å². The second-order valence-electron chi connectivity index (χ2n) is 4.43. The lowest BCUT2D eigenvalue weighted by molar-refractivity contribution is 0.251. The van der Waals surface area contributed by atoms with Crippen LogP contribution >= 0.6 is 15.9 Å². The zero-order chi connectivity index (χ0) is 16.2. The monoisotopic (exact) mass is 384 g/mol. The van der Waals surface area contributed by atoms with Crippen molar-refractivity contribution in [2.75, 3.05) is 5.32 Å². The molecule has 2 rings (SSSR count). The minimum absolute atomic E-state index is 0.228. The van der Waals surface area contributed by atoms with Gasteiger partial charge in [0.05, 0.1) is 4.90 Å². The molecule has 0 spiro atoms. The third kappa shape index (κ3) is 4.83. The van der Waals surface area contributed by atoms with Crippen LogP contribution in [0.25, 0.3) is 0 Å². The van der Waals surface area contributed by atoms with E-state index in [4.69, 9.17) is 4.55 Å². The van der Waals surface area contributed by atoms with Crippen molar-refractivity contribution < 1.29 is 17.8 Å². The number of halogens is 1. The highest BCUT2D eigenvalue weighted by Crippen LogP contribution is 2.14. The molecule has 2 aromatic rings. The summed E-state index contributed by atoms with van der Waals surface area (Å²) in [6.45, 7) is 0.363. The second kappa shape index (κ2) is 6.91. The highest BCUT2D eigenvalue weighted by molar-refractivity contribution is 9.10. The average Bonchev–Trinajstić information content (AvgIpc) is 2.46. The number of hydrogen-bond acceptors (Lipinski definition) is 3. The van der Waals surface area contributed by atoms with Crippen LogP contribution in [0.4, 0.5) is 10.5 Å². The summed E-state index contributed by atoms with van der Waals surface area (Å²) in [7, 11) is -4.23. The van der Waals surface area contributed by atoms with Gasteiger partial charge in [-0.1, -0.05) is 28.1 Å². The van der Waals surface area contributed by atoms with E-state index in [2.05, 4.69) is 26.6 Å². The summed E-state index contributed by atoms with van der Waals surface area (Å²) in [6.07, 6.45) is 0. The molecule has 3 N–H and O–H groups in total. The molecule has 2 aromatic carbocycles. The zero-order valence-corrected chi connectivity index (χ0v) is 13.7. The lowest BCUT2D eigenvalue weighted by atomic mass is 10.2. The molecule has 0 aliphatic rings. The minimum atomic E-state index is -4.23. The Morgan fingerprint density at radius 1 is 1.05 bits per heavy atom. The van der Waals surface area contributed by atoms with Gasteiger partial charge in [-0.15, -0.1) is 0 Å². The maximum atomic E-state index is 11.7. The number of hydrogen-bond donors (Lipinski definition) is 3. The van der Waals surface area contributed by atoms with Gasteiger partial charge in [-0.05, 0) is 42.0 Å². The average molecular weight is 385 g/mol. The van der Waals surface area contributed by atoms with E-state index in [9.17, 15) is 13.2 Å². The summed E-state index contributed by atoms with van der Waals surface area (Å²) in [5, 5.41) is 5.25. The van der Waals surface area contributed by atoms with Gasteiger partial charge in [-0.2, -0.15) is 8.42 Å². The van der Waals surface area contributed by atoms with Crippen LogP contribution in [0.2, 0.25) is 0 Å². The van der Waals surface area contributed by atoms with Crippen LogP contribution in [0, 0.1) is 0 Å². The molecule has 0 aromatic heterocycles. The molecule has 0 fully saturated rings. The standard InChI is InChI=1S/C14H13BrN2O4S/c15-11-3-1-10(2-4-11)9-16-14(18)17-12-5-7-13(8-6-12)22(19,20)21/h1-8H,9H2,(H2,16,17,18)(H,19,20,21). The van der Waals surface area contributed by atoms with Crippen LogP contribution in [0.5, 0.6) is 0 Å². The topological polar surface area (TPSA) is 95.5 Å². The summed E-state index contributed by atoms with van der Waals surface area (Å²) >= 11 is 3.33. The SMILES string of the molecule is O=C(NCc1ccc(Br)cc1)Nc1ccc(S(=O)(=O)O)cc1. The van der Waals surface area contributed by atoms with Gasteiger partial charge < -0.3 is 10.6 Å². The maximum Gasteiger partial charge on any atom is 0.319 e. The van der Waals surface area contributed by atoms with Crippen molar-refractivity contribution in [2.45, 2.75) is 11.4 Å². The smallest absolute Gasteiger partial charge is 0.319 e. The number of anilines is 1. The van der Waals surface area contributed by atoms with E-state index in [1.54, 1.807) is 0 Å². The van der Waals surface area contributed by atoms with Crippen LogP contribution in [-0.4, -0.2) is 19.0 Å². The molecular formula is C14H13BrN2O4S. The third-order valence-electron chi connectivity index (χ3n) is 2.78. The van der Waals surface area contributed by atoms with Crippen molar-refractivity contribution in [3.63, 3.8) is 0 Å². The highest BCUT2D eigenvalue weighted by atomic mass is 79.9. The van der Waals surface area contributed by atoms with Gasteiger partial charge in [0.15, 0.2) is 0 Å². The van der Waals surface area contributed by atoms with E-state index in [0.29, 0.717) is 12.2 Å². The van der Waals surface area contributed by atoms with Crippen LogP contribution in [0.15, 0.2) is 57.9 Å². The molecule has 2 amide bonds. The lowest BCUT2D eigenvalue weighted by Crippen LogP contribution is -2.28. The highest BCUT2D eigenvalue weighted by Gasteiger charge is 2.09. The first-order valence-electron chi connectivity index (χ1n) is 6.21.